The molecule has 0 aromatic carbocycles. The van der Waals surface area contributed by atoms with Crippen molar-refractivity contribution in [2.45, 2.75) is 125 Å². The standard InChI is InChI=1S/C28H45FO.C4H10/c1-8-28(30,9-2)21-15-17-23(4)26-19-18-24(5)27(26,7)20-14-12-10-11-13-16-22(3)25(6)29;1-3-4-2/h10-11,13,15-16,19,21,23-25,30H,3,8-9,12,14,17-18,20H2,1-2,4-7H3;3-4H2,1-2H3/b11-10-,16-13-,21-15+;/t23-,24?,25-,27-;/m0./s1. The molecule has 4 atom stereocenters. The van der Waals surface area contributed by atoms with E-state index in [0.717, 1.165) is 38.5 Å². The summed E-state index contributed by atoms with van der Waals surface area (Å²) in [5.74, 6) is 1.17. The SMILES string of the molecule is C=C(/C=C\C=C/CCC[C@]1(C)C([C@@H](C)C/C=C/C(O)(CC)CC)=CCC1C)[C@H](C)F.CCCC. The zero-order valence-electron chi connectivity index (χ0n) is 23.7. The molecule has 0 bridgehead atoms. The molecule has 0 saturated heterocycles. The molecule has 0 saturated carbocycles. The number of rotatable bonds is 14. The first-order chi connectivity index (χ1) is 16.0. The van der Waals surface area contributed by atoms with Crippen molar-refractivity contribution in [1.82, 2.24) is 0 Å². The predicted molar refractivity (Wildman–Crippen MR) is 151 cm³/mol. The summed E-state index contributed by atoms with van der Waals surface area (Å²) < 4.78 is 13.1. The van der Waals surface area contributed by atoms with Crippen molar-refractivity contribution in [1.29, 1.82) is 0 Å². The van der Waals surface area contributed by atoms with Gasteiger partial charge in [-0.05, 0) is 74.7 Å². The summed E-state index contributed by atoms with van der Waals surface area (Å²) in [6, 6.07) is 0. The normalized spacial score (nSPS) is 22.8. The van der Waals surface area contributed by atoms with Gasteiger partial charge in [0.15, 0.2) is 0 Å². The first-order valence-corrected chi connectivity index (χ1v) is 13.8. The number of aliphatic hydroxyl groups is 1. The molecule has 2 heteroatoms. The third-order valence-corrected chi connectivity index (χ3v) is 7.75. The van der Waals surface area contributed by atoms with Crippen LogP contribution < -0.4 is 0 Å². The lowest BCUT2D eigenvalue weighted by atomic mass is 9.69. The lowest BCUT2D eigenvalue weighted by Crippen LogP contribution is -2.26. The number of hydrogen-bond donors (Lipinski definition) is 1. The van der Waals surface area contributed by atoms with Crippen LogP contribution in [0.2, 0.25) is 0 Å². The topological polar surface area (TPSA) is 20.2 Å². The number of unbranched alkanes of at least 4 members (excludes halogenated alkanes) is 2. The van der Waals surface area contributed by atoms with Gasteiger partial charge in [0.1, 0.15) is 6.17 Å². The van der Waals surface area contributed by atoms with Gasteiger partial charge in [0.2, 0.25) is 0 Å². The number of allylic oxidation sites excluding steroid dienone is 8. The maximum absolute atomic E-state index is 13.1. The quantitative estimate of drug-likeness (QED) is 0.151. The van der Waals surface area contributed by atoms with Crippen LogP contribution in [-0.2, 0) is 0 Å². The van der Waals surface area contributed by atoms with E-state index in [2.05, 4.69) is 59.4 Å². The van der Waals surface area contributed by atoms with Gasteiger partial charge in [0.05, 0.1) is 5.60 Å². The highest BCUT2D eigenvalue weighted by molar-refractivity contribution is 5.25. The van der Waals surface area contributed by atoms with Crippen molar-refractivity contribution >= 4 is 0 Å². The Hall–Kier alpha value is -1.41. The molecule has 34 heavy (non-hydrogen) atoms. The summed E-state index contributed by atoms with van der Waals surface area (Å²) in [5.41, 5.74) is 1.70. The summed E-state index contributed by atoms with van der Waals surface area (Å²) in [5, 5.41) is 10.5. The monoisotopic (exact) mass is 474 g/mol. The second-order valence-electron chi connectivity index (χ2n) is 10.4. The third kappa shape index (κ3) is 11.3. The zero-order chi connectivity index (χ0) is 26.2. The van der Waals surface area contributed by atoms with Gasteiger partial charge in [-0.1, -0.05) is 116 Å². The van der Waals surface area contributed by atoms with Crippen molar-refractivity contribution < 1.29 is 9.50 Å². The predicted octanol–water partition coefficient (Wildman–Crippen LogP) is 10.1. The lowest BCUT2D eigenvalue weighted by molar-refractivity contribution is 0.0824. The van der Waals surface area contributed by atoms with Gasteiger partial charge >= 0.3 is 0 Å². The lowest BCUT2D eigenvalue weighted by Gasteiger charge is -2.36. The molecule has 1 rings (SSSR count). The van der Waals surface area contributed by atoms with Crippen LogP contribution in [-0.4, -0.2) is 16.9 Å². The van der Waals surface area contributed by atoms with Crippen LogP contribution in [0.25, 0.3) is 0 Å². The Morgan fingerprint density at radius 2 is 1.79 bits per heavy atom. The molecule has 0 amide bonds. The smallest absolute Gasteiger partial charge is 0.122 e. The molecule has 1 aliphatic rings. The molecular formula is C32H55FO. The van der Waals surface area contributed by atoms with E-state index in [1.807, 2.05) is 32.1 Å². The van der Waals surface area contributed by atoms with Crippen LogP contribution in [0.1, 0.15) is 113 Å². The largest absolute Gasteiger partial charge is 0.386 e. The van der Waals surface area contributed by atoms with Crippen molar-refractivity contribution in [2.75, 3.05) is 0 Å². The van der Waals surface area contributed by atoms with E-state index in [9.17, 15) is 9.50 Å². The highest BCUT2D eigenvalue weighted by Crippen LogP contribution is 2.50. The van der Waals surface area contributed by atoms with E-state index in [4.69, 9.17) is 0 Å². The van der Waals surface area contributed by atoms with Gasteiger partial charge in [0.25, 0.3) is 0 Å². The van der Waals surface area contributed by atoms with Gasteiger partial charge in [0, 0.05) is 0 Å². The minimum Gasteiger partial charge on any atom is -0.386 e. The van der Waals surface area contributed by atoms with Crippen molar-refractivity contribution in [3.63, 3.8) is 0 Å². The van der Waals surface area contributed by atoms with Crippen molar-refractivity contribution in [3.8, 4) is 0 Å². The molecule has 1 unspecified atom stereocenters. The van der Waals surface area contributed by atoms with E-state index in [0.29, 0.717) is 17.4 Å². The molecule has 0 aliphatic heterocycles. The molecule has 196 valence electrons. The first kappa shape index (κ1) is 32.6. The molecule has 0 aromatic rings. The molecular weight excluding hydrogens is 419 g/mol. The second kappa shape index (κ2) is 17.1. The summed E-state index contributed by atoms with van der Waals surface area (Å²) in [6.45, 7) is 20.8. The number of hydrogen-bond acceptors (Lipinski definition) is 1. The summed E-state index contributed by atoms with van der Waals surface area (Å²) in [7, 11) is 0. The maximum atomic E-state index is 13.1. The van der Waals surface area contributed by atoms with Crippen LogP contribution in [0.4, 0.5) is 4.39 Å². The zero-order valence-corrected chi connectivity index (χ0v) is 23.7. The molecule has 0 radical (unpaired) electrons. The second-order valence-corrected chi connectivity index (χ2v) is 10.4. The van der Waals surface area contributed by atoms with Crippen LogP contribution in [0.5, 0.6) is 0 Å². The van der Waals surface area contributed by atoms with E-state index < -0.39 is 11.8 Å². The summed E-state index contributed by atoms with van der Waals surface area (Å²) in [4.78, 5) is 0. The molecule has 0 heterocycles. The minimum atomic E-state index is -0.988. The Kier molecular flexibility index (Phi) is 16.4. The van der Waals surface area contributed by atoms with Gasteiger partial charge < -0.3 is 5.11 Å². The number of halogens is 1. The van der Waals surface area contributed by atoms with Crippen LogP contribution in [0, 0.1) is 17.3 Å². The fourth-order valence-corrected chi connectivity index (χ4v) is 4.41. The Morgan fingerprint density at radius 1 is 1.18 bits per heavy atom. The minimum absolute atomic E-state index is 0.251. The van der Waals surface area contributed by atoms with Gasteiger partial charge in [-0.25, -0.2) is 4.39 Å². The summed E-state index contributed by atoms with van der Waals surface area (Å²) in [6.07, 6.45) is 23.1. The van der Waals surface area contributed by atoms with Crippen LogP contribution >= 0.6 is 0 Å². The number of alkyl halides is 1. The average molecular weight is 475 g/mol. The molecule has 0 spiro atoms. The molecule has 0 aromatic heterocycles. The van der Waals surface area contributed by atoms with E-state index in [1.165, 1.54) is 26.2 Å². The Balaban J connectivity index is 0.00000251. The van der Waals surface area contributed by atoms with Crippen molar-refractivity contribution in [2.24, 2.45) is 17.3 Å². The van der Waals surface area contributed by atoms with Gasteiger partial charge in [-0.15, -0.1) is 0 Å². The van der Waals surface area contributed by atoms with Gasteiger partial charge in [-0.3, -0.25) is 0 Å². The fraction of sp³-hybridized carbons (Fsp3) is 0.688. The highest BCUT2D eigenvalue weighted by Gasteiger charge is 2.39. The summed E-state index contributed by atoms with van der Waals surface area (Å²) >= 11 is 0. The maximum Gasteiger partial charge on any atom is 0.122 e. The average Bonchev–Trinajstić information content (AvgIpc) is 3.12. The van der Waals surface area contributed by atoms with Crippen LogP contribution in [0.3, 0.4) is 0 Å². The van der Waals surface area contributed by atoms with E-state index >= 15 is 0 Å². The van der Waals surface area contributed by atoms with E-state index in [-0.39, 0.29) is 5.41 Å². The first-order valence-electron chi connectivity index (χ1n) is 13.8. The Labute approximate surface area is 212 Å². The molecule has 1 aliphatic carbocycles. The Morgan fingerprint density at radius 3 is 2.32 bits per heavy atom. The van der Waals surface area contributed by atoms with Crippen molar-refractivity contribution in [3.05, 3.63) is 60.3 Å². The van der Waals surface area contributed by atoms with Crippen LogP contribution in [0.15, 0.2) is 60.3 Å². The van der Waals surface area contributed by atoms with E-state index in [1.54, 1.807) is 11.6 Å². The third-order valence-electron chi connectivity index (χ3n) is 7.75. The molecule has 1 nitrogen and oxygen atoms in total. The Bertz CT molecular complexity index is 675. The van der Waals surface area contributed by atoms with Gasteiger partial charge in [-0.2, -0.15) is 0 Å². The fourth-order valence-electron chi connectivity index (χ4n) is 4.41. The highest BCUT2D eigenvalue weighted by atomic mass is 19.1. The molecule has 0 fully saturated rings. The molecule has 1 N–H and O–H groups in total.